The highest BCUT2D eigenvalue weighted by molar-refractivity contribution is 7.92. The molecule has 3 aromatic carbocycles. The second kappa shape index (κ2) is 10.4. The second-order valence-corrected chi connectivity index (χ2v) is 12.6. The number of phenolic OH excluding ortho intramolecular Hbond substituents is 1. The van der Waals surface area contributed by atoms with E-state index in [2.05, 4.69) is 10.2 Å². The number of benzene rings is 3. The van der Waals surface area contributed by atoms with E-state index in [1.807, 2.05) is 0 Å². The summed E-state index contributed by atoms with van der Waals surface area (Å²) in [5.41, 5.74) is 1.68. The number of amides is 1. The van der Waals surface area contributed by atoms with Crippen LogP contribution in [-0.4, -0.2) is 71.6 Å². The van der Waals surface area contributed by atoms with Crippen molar-refractivity contribution in [2.24, 2.45) is 0 Å². The third kappa shape index (κ3) is 5.87. The molecule has 2 N–H and O–H groups in total. The SMILES string of the molecule is CN(c1ccccc1C(=O)Nc1ccc(S(=O)(=O)N2CCN(c3ccc(O)cc3)CC2)cc1)S(C)(=O)=O. The summed E-state index contributed by atoms with van der Waals surface area (Å²) in [6.07, 6.45) is 1.05. The average Bonchev–Trinajstić information content (AvgIpc) is 2.88. The van der Waals surface area contributed by atoms with E-state index in [9.17, 15) is 26.7 Å². The van der Waals surface area contributed by atoms with E-state index in [0.717, 1.165) is 16.2 Å². The molecule has 1 saturated heterocycles. The highest BCUT2D eigenvalue weighted by Gasteiger charge is 2.28. The molecule has 1 amide bonds. The molecule has 12 heteroatoms. The van der Waals surface area contributed by atoms with E-state index in [1.165, 1.54) is 47.8 Å². The van der Waals surface area contributed by atoms with Crippen LogP contribution in [-0.2, 0) is 20.0 Å². The van der Waals surface area contributed by atoms with Gasteiger partial charge in [0.1, 0.15) is 5.75 Å². The number of hydrogen-bond acceptors (Lipinski definition) is 7. The fourth-order valence-electron chi connectivity index (χ4n) is 4.03. The first kappa shape index (κ1) is 26.5. The zero-order valence-electron chi connectivity index (χ0n) is 20.4. The van der Waals surface area contributed by atoms with Gasteiger partial charge in [-0.2, -0.15) is 4.31 Å². The lowest BCUT2D eigenvalue weighted by atomic mass is 10.1. The van der Waals surface area contributed by atoms with E-state index in [0.29, 0.717) is 31.9 Å². The molecule has 37 heavy (non-hydrogen) atoms. The van der Waals surface area contributed by atoms with Crippen molar-refractivity contribution in [3.05, 3.63) is 78.4 Å². The van der Waals surface area contributed by atoms with Crippen molar-refractivity contribution in [3.63, 3.8) is 0 Å². The number of nitrogens with one attached hydrogen (secondary N) is 1. The molecule has 4 rings (SSSR count). The van der Waals surface area contributed by atoms with Crippen molar-refractivity contribution in [2.75, 3.05) is 54.0 Å². The van der Waals surface area contributed by atoms with Crippen molar-refractivity contribution in [3.8, 4) is 5.75 Å². The monoisotopic (exact) mass is 544 g/mol. The van der Waals surface area contributed by atoms with Crippen LogP contribution in [0.4, 0.5) is 17.1 Å². The maximum absolute atomic E-state index is 13.2. The van der Waals surface area contributed by atoms with E-state index < -0.39 is 26.0 Å². The van der Waals surface area contributed by atoms with Crippen molar-refractivity contribution < 1.29 is 26.7 Å². The van der Waals surface area contributed by atoms with Crippen LogP contribution in [0.5, 0.6) is 5.75 Å². The summed E-state index contributed by atoms with van der Waals surface area (Å²) in [6.45, 7) is 1.65. The Kier molecular flexibility index (Phi) is 7.44. The number of hydrogen-bond donors (Lipinski definition) is 2. The molecule has 0 bridgehead atoms. The van der Waals surface area contributed by atoms with Crippen LogP contribution in [0, 0.1) is 0 Å². The number of anilines is 3. The summed E-state index contributed by atoms with van der Waals surface area (Å²) >= 11 is 0. The standard InChI is InChI=1S/C25H28N4O6S2/c1-27(36(2,32)33)24-6-4-3-5-23(24)25(31)26-19-7-13-22(14-8-19)37(34,35)29-17-15-28(16-18-29)20-9-11-21(30)12-10-20/h3-14,30H,15-18H2,1-2H3,(H,26,31). The molecule has 196 valence electrons. The van der Waals surface area contributed by atoms with Gasteiger partial charge in [0, 0.05) is 44.6 Å². The normalized spacial score (nSPS) is 14.8. The van der Waals surface area contributed by atoms with Crippen LogP contribution in [0.3, 0.4) is 0 Å². The molecule has 0 saturated carbocycles. The van der Waals surface area contributed by atoms with Crippen molar-refractivity contribution in [1.29, 1.82) is 0 Å². The van der Waals surface area contributed by atoms with Gasteiger partial charge in [-0.15, -0.1) is 0 Å². The van der Waals surface area contributed by atoms with Gasteiger partial charge in [0.2, 0.25) is 20.0 Å². The average molecular weight is 545 g/mol. The Morgan fingerprint density at radius 2 is 1.46 bits per heavy atom. The minimum absolute atomic E-state index is 0.112. The number of piperazine rings is 1. The molecular weight excluding hydrogens is 516 g/mol. The van der Waals surface area contributed by atoms with Gasteiger partial charge in [0.05, 0.1) is 22.4 Å². The lowest BCUT2D eigenvalue weighted by Gasteiger charge is -2.35. The number of nitrogens with zero attached hydrogens (tertiary/aromatic N) is 3. The predicted octanol–water partition coefficient (Wildman–Crippen LogP) is 2.55. The lowest BCUT2D eigenvalue weighted by Crippen LogP contribution is -2.48. The molecule has 0 atom stereocenters. The van der Waals surface area contributed by atoms with Crippen LogP contribution in [0.15, 0.2) is 77.7 Å². The molecule has 1 fully saturated rings. The summed E-state index contributed by atoms with van der Waals surface area (Å²) in [6, 6.07) is 19.0. The quantitative estimate of drug-likeness (QED) is 0.468. The molecule has 0 unspecified atom stereocenters. The van der Waals surface area contributed by atoms with Gasteiger partial charge in [-0.3, -0.25) is 9.10 Å². The first-order valence-corrected chi connectivity index (χ1v) is 14.7. The van der Waals surface area contributed by atoms with Crippen LogP contribution in [0.25, 0.3) is 0 Å². The summed E-state index contributed by atoms with van der Waals surface area (Å²) in [7, 11) is -5.93. The second-order valence-electron chi connectivity index (χ2n) is 8.63. The maximum Gasteiger partial charge on any atom is 0.257 e. The molecule has 10 nitrogen and oxygen atoms in total. The summed E-state index contributed by atoms with van der Waals surface area (Å²) in [4.78, 5) is 15.1. The Balaban J connectivity index is 1.43. The van der Waals surface area contributed by atoms with Crippen LogP contribution in [0.1, 0.15) is 10.4 Å². The Morgan fingerprint density at radius 1 is 0.865 bits per heavy atom. The lowest BCUT2D eigenvalue weighted by molar-refractivity contribution is 0.102. The van der Waals surface area contributed by atoms with Crippen LogP contribution in [0.2, 0.25) is 0 Å². The molecule has 0 aliphatic carbocycles. The highest BCUT2D eigenvalue weighted by atomic mass is 32.2. The largest absolute Gasteiger partial charge is 0.508 e. The fourth-order valence-corrected chi connectivity index (χ4v) is 5.97. The third-order valence-corrected chi connectivity index (χ3v) is 9.29. The number of para-hydroxylation sites is 1. The minimum Gasteiger partial charge on any atom is -0.508 e. The van der Waals surface area contributed by atoms with Crippen molar-refractivity contribution in [2.45, 2.75) is 4.90 Å². The number of rotatable bonds is 7. The predicted molar refractivity (Wildman–Crippen MR) is 143 cm³/mol. The number of sulfonamides is 2. The van der Waals surface area contributed by atoms with Gasteiger partial charge in [-0.05, 0) is 60.7 Å². The number of aromatic hydroxyl groups is 1. The highest BCUT2D eigenvalue weighted by Crippen LogP contribution is 2.25. The van der Waals surface area contributed by atoms with Crippen LogP contribution < -0.4 is 14.5 Å². The molecule has 0 radical (unpaired) electrons. The van der Waals surface area contributed by atoms with Crippen molar-refractivity contribution in [1.82, 2.24) is 4.31 Å². The molecule has 0 spiro atoms. The smallest absolute Gasteiger partial charge is 0.257 e. The Labute approximate surface area is 216 Å². The zero-order valence-corrected chi connectivity index (χ0v) is 22.0. The fraction of sp³-hybridized carbons (Fsp3) is 0.240. The number of carbonyl (C=O) groups is 1. The van der Waals surface area contributed by atoms with Gasteiger partial charge in [-0.25, -0.2) is 16.8 Å². The van der Waals surface area contributed by atoms with E-state index in [4.69, 9.17) is 0 Å². The minimum atomic E-state index is -3.73. The van der Waals surface area contributed by atoms with Gasteiger partial charge < -0.3 is 15.3 Å². The first-order valence-electron chi connectivity index (χ1n) is 11.5. The van der Waals surface area contributed by atoms with E-state index >= 15 is 0 Å². The Morgan fingerprint density at radius 3 is 2.05 bits per heavy atom. The van der Waals surface area contributed by atoms with Gasteiger partial charge >= 0.3 is 0 Å². The van der Waals surface area contributed by atoms with Crippen LogP contribution >= 0.6 is 0 Å². The molecule has 3 aromatic rings. The topological polar surface area (TPSA) is 127 Å². The molecule has 0 aromatic heterocycles. The Bertz CT molecular complexity index is 1480. The maximum atomic E-state index is 13.2. The van der Waals surface area contributed by atoms with E-state index in [1.54, 1.807) is 36.4 Å². The zero-order chi connectivity index (χ0) is 26.8. The van der Waals surface area contributed by atoms with E-state index in [-0.39, 0.29) is 21.9 Å². The number of carbonyl (C=O) groups excluding carboxylic acids is 1. The molecule has 1 aliphatic rings. The molecule has 1 heterocycles. The van der Waals surface area contributed by atoms with Gasteiger partial charge in [0.25, 0.3) is 5.91 Å². The summed E-state index contributed by atoms with van der Waals surface area (Å²) in [5, 5.41) is 12.2. The summed E-state index contributed by atoms with van der Waals surface area (Å²) < 4.78 is 52.7. The third-order valence-electron chi connectivity index (χ3n) is 6.19. The van der Waals surface area contributed by atoms with Gasteiger partial charge in [0.15, 0.2) is 0 Å². The molecule has 1 aliphatic heterocycles. The Hall–Kier alpha value is -3.61. The first-order chi connectivity index (χ1) is 17.5. The van der Waals surface area contributed by atoms with Gasteiger partial charge in [-0.1, -0.05) is 12.1 Å². The number of phenols is 1. The summed E-state index contributed by atoms with van der Waals surface area (Å²) in [5.74, 6) is -0.345. The molecular formula is C25H28N4O6S2. The van der Waals surface area contributed by atoms with Crippen molar-refractivity contribution >= 4 is 43.0 Å².